The Morgan fingerprint density at radius 3 is 2.42 bits per heavy atom. The minimum absolute atomic E-state index is 0.0263. The third-order valence-electron chi connectivity index (χ3n) is 4.90. The van der Waals surface area contributed by atoms with Gasteiger partial charge in [0.25, 0.3) is 5.91 Å². The molecule has 182 valence electrons. The highest BCUT2D eigenvalue weighted by atomic mass is 32.2. The largest absolute Gasteiger partial charge is 0.497 e. The minimum atomic E-state index is -4.16. The molecule has 2 rings (SSSR count). The summed E-state index contributed by atoms with van der Waals surface area (Å²) in [5.41, 5.74) is 2.21. The molecule has 0 saturated heterocycles. The Morgan fingerprint density at radius 1 is 1.15 bits per heavy atom. The van der Waals surface area contributed by atoms with Crippen LogP contribution in [0.25, 0.3) is 0 Å². The van der Waals surface area contributed by atoms with Crippen molar-refractivity contribution in [3.05, 3.63) is 54.1 Å². The predicted molar refractivity (Wildman–Crippen MR) is 121 cm³/mol. The number of nitrogens with zero attached hydrogens (tertiary/aromatic N) is 1. The summed E-state index contributed by atoms with van der Waals surface area (Å²) in [4.78, 5) is 12.5. The first-order valence-corrected chi connectivity index (χ1v) is 12.0. The Kier molecular flexibility index (Phi) is 10.1. The number of hydrogen-bond donors (Lipinski definition) is 2. The smallest absolute Gasteiger partial charge is 0.261 e. The van der Waals surface area contributed by atoms with Crippen LogP contribution in [0.1, 0.15) is 32.3 Å². The zero-order valence-electron chi connectivity index (χ0n) is 19.0. The van der Waals surface area contributed by atoms with Crippen molar-refractivity contribution in [3.63, 3.8) is 0 Å². The lowest BCUT2D eigenvalue weighted by Gasteiger charge is -2.30. The standard InChI is InChI=1S/C23H31FN2O6S/c1-17(2)14-22(23(27)25-28)26(16-18-6-4-7-20(15-18)31-3)33(29,30)21-10-8-19(9-11-21)32-13-5-12-24/h4,6-11,15,17,22,28H,5,12-14,16H2,1-3H3,(H,25,27)/t22-/m1/s1. The van der Waals surface area contributed by atoms with Crippen LogP contribution in [0.15, 0.2) is 53.4 Å². The van der Waals surface area contributed by atoms with Gasteiger partial charge in [-0.05, 0) is 54.3 Å². The van der Waals surface area contributed by atoms with Crippen LogP contribution in [0.4, 0.5) is 4.39 Å². The molecule has 2 aromatic carbocycles. The Morgan fingerprint density at radius 2 is 1.85 bits per heavy atom. The molecule has 1 amide bonds. The van der Waals surface area contributed by atoms with Crippen molar-refractivity contribution >= 4 is 15.9 Å². The van der Waals surface area contributed by atoms with Crippen molar-refractivity contribution < 1.29 is 32.3 Å². The molecule has 0 saturated carbocycles. The van der Waals surface area contributed by atoms with Gasteiger partial charge in [-0.2, -0.15) is 4.31 Å². The van der Waals surface area contributed by atoms with Crippen LogP contribution in [0.2, 0.25) is 0 Å². The maximum absolute atomic E-state index is 13.6. The first kappa shape index (κ1) is 26.6. The van der Waals surface area contributed by atoms with E-state index in [1.807, 2.05) is 13.8 Å². The van der Waals surface area contributed by atoms with E-state index < -0.39 is 28.6 Å². The molecule has 2 N–H and O–H groups in total. The Balaban J connectivity index is 2.46. The molecule has 10 heteroatoms. The number of nitrogens with one attached hydrogen (secondary N) is 1. The van der Waals surface area contributed by atoms with Gasteiger partial charge in [-0.1, -0.05) is 26.0 Å². The third kappa shape index (κ3) is 7.41. The number of benzene rings is 2. The number of hydrogen-bond acceptors (Lipinski definition) is 6. The number of amides is 1. The molecule has 8 nitrogen and oxygen atoms in total. The minimum Gasteiger partial charge on any atom is -0.497 e. The van der Waals surface area contributed by atoms with E-state index in [1.54, 1.807) is 29.7 Å². The van der Waals surface area contributed by atoms with Crippen LogP contribution in [-0.4, -0.2) is 50.3 Å². The molecule has 33 heavy (non-hydrogen) atoms. The van der Waals surface area contributed by atoms with Gasteiger partial charge in [0.2, 0.25) is 10.0 Å². The van der Waals surface area contributed by atoms with Crippen LogP contribution in [0.3, 0.4) is 0 Å². The zero-order valence-corrected chi connectivity index (χ0v) is 19.8. The molecule has 1 atom stereocenters. The molecule has 0 aromatic heterocycles. The predicted octanol–water partition coefficient (Wildman–Crippen LogP) is 3.54. The van der Waals surface area contributed by atoms with Gasteiger partial charge >= 0.3 is 0 Å². The van der Waals surface area contributed by atoms with Gasteiger partial charge in [-0.15, -0.1) is 0 Å². The molecule has 2 aromatic rings. The average molecular weight is 483 g/mol. The third-order valence-corrected chi connectivity index (χ3v) is 6.77. The molecule has 0 heterocycles. The van der Waals surface area contributed by atoms with Gasteiger partial charge in [0.15, 0.2) is 0 Å². The van der Waals surface area contributed by atoms with Crippen LogP contribution in [-0.2, 0) is 21.4 Å². The fraction of sp³-hybridized carbons (Fsp3) is 0.435. The van der Waals surface area contributed by atoms with Crippen molar-refractivity contribution in [2.24, 2.45) is 5.92 Å². The Hall–Kier alpha value is -2.69. The van der Waals surface area contributed by atoms with Crippen molar-refractivity contribution in [2.75, 3.05) is 20.4 Å². The molecule has 0 radical (unpaired) electrons. The lowest BCUT2D eigenvalue weighted by molar-refractivity contribution is -0.133. The van der Waals surface area contributed by atoms with Crippen molar-refractivity contribution in [1.82, 2.24) is 9.79 Å². The molecule has 0 aliphatic rings. The van der Waals surface area contributed by atoms with E-state index in [0.717, 1.165) is 4.31 Å². The fourth-order valence-corrected chi connectivity index (χ4v) is 4.86. The second-order valence-corrected chi connectivity index (χ2v) is 9.78. The number of halogens is 1. The van der Waals surface area contributed by atoms with Crippen molar-refractivity contribution in [2.45, 2.75) is 44.2 Å². The summed E-state index contributed by atoms with van der Waals surface area (Å²) in [5, 5.41) is 9.31. The lowest BCUT2D eigenvalue weighted by Crippen LogP contribution is -2.49. The molecule has 0 aliphatic carbocycles. The van der Waals surface area contributed by atoms with Gasteiger partial charge in [-0.25, -0.2) is 13.9 Å². The van der Waals surface area contributed by atoms with Crippen molar-refractivity contribution in [3.8, 4) is 11.5 Å². The number of carbonyl (C=O) groups is 1. The Bertz CT molecular complexity index is 998. The van der Waals surface area contributed by atoms with Crippen LogP contribution < -0.4 is 15.0 Å². The number of sulfonamides is 1. The highest BCUT2D eigenvalue weighted by Gasteiger charge is 2.36. The summed E-state index contributed by atoms with van der Waals surface area (Å²) in [5.74, 6) is 0.114. The average Bonchev–Trinajstić information content (AvgIpc) is 2.81. The fourth-order valence-electron chi connectivity index (χ4n) is 3.28. The SMILES string of the molecule is COc1cccc(CN([C@H](CC(C)C)C(=O)NO)S(=O)(=O)c2ccc(OCCCF)cc2)c1. The van der Waals surface area contributed by atoms with Crippen LogP contribution in [0.5, 0.6) is 11.5 Å². The first-order chi connectivity index (χ1) is 15.7. The summed E-state index contributed by atoms with van der Waals surface area (Å²) in [7, 11) is -2.65. The molecule has 0 unspecified atom stereocenters. The van der Waals surface area contributed by atoms with Crippen LogP contribution >= 0.6 is 0 Å². The summed E-state index contributed by atoms with van der Waals surface area (Å²) in [6.45, 7) is 3.28. The lowest BCUT2D eigenvalue weighted by atomic mass is 10.0. The first-order valence-electron chi connectivity index (χ1n) is 10.6. The number of carbonyl (C=O) groups excluding carboxylic acids is 1. The number of methoxy groups -OCH3 is 1. The summed E-state index contributed by atoms with van der Waals surface area (Å²) in [6.07, 6.45) is 0.432. The van der Waals surface area contributed by atoms with E-state index in [4.69, 9.17) is 9.47 Å². The Labute approximate surface area is 194 Å². The van der Waals surface area contributed by atoms with Crippen molar-refractivity contribution in [1.29, 1.82) is 0 Å². The monoisotopic (exact) mass is 482 g/mol. The zero-order chi connectivity index (χ0) is 24.4. The number of hydroxylamine groups is 1. The summed E-state index contributed by atoms with van der Waals surface area (Å²) < 4.78 is 51.3. The maximum atomic E-state index is 13.6. The number of ether oxygens (including phenoxy) is 2. The van der Waals surface area contributed by atoms with Gasteiger partial charge < -0.3 is 9.47 Å². The highest BCUT2D eigenvalue weighted by Crippen LogP contribution is 2.27. The van der Waals surface area contributed by atoms with E-state index >= 15 is 0 Å². The molecular weight excluding hydrogens is 451 g/mol. The van der Waals surface area contributed by atoms with Gasteiger partial charge in [0, 0.05) is 13.0 Å². The molecule has 0 bridgehead atoms. The highest BCUT2D eigenvalue weighted by molar-refractivity contribution is 7.89. The van der Waals surface area contributed by atoms with E-state index in [-0.39, 0.29) is 36.8 Å². The number of rotatable bonds is 13. The number of alkyl halides is 1. The molecule has 0 spiro atoms. The molecule has 0 fully saturated rings. The second kappa shape index (κ2) is 12.5. The van der Waals surface area contributed by atoms with E-state index in [9.17, 15) is 22.8 Å². The van der Waals surface area contributed by atoms with Gasteiger partial charge in [0.05, 0.1) is 25.3 Å². The van der Waals surface area contributed by atoms with Crippen LogP contribution in [0, 0.1) is 5.92 Å². The van der Waals surface area contributed by atoms with E-state index in [1.165, 1.54) is 31.4 Å². The van der Waals surface area contributed by atoms with E-state index in [2.05, 4.69) is 0 Å². The van der Waals surface area contributed by atoms with Gasteiger partial charge in [0.1, 0.15) is 17.5 Å². The normalized spacial score (nSPS) is 12.6. The molecule has 0 aliphatic heterocycles. The molecular formula is C23H31FN2O6S. The summed E-state index contributed by atoms with van der Waals surface area (Å²) >= 11 is 0. The topological polar surface area (TPSA) is 105 Å². The second-order valence-electron chi connectivity index (χ2n) is 7.89. The maximum Gasteiger partial charge on any atom is 0.261 e. The van der Waals surface area contributed by atoms with E-state index in [0.29, 0.717) is 17.1 Å². The summed E-state index contributed by atoms with van der Waals surface area (Å²) in [6, 6.07) is 11.5. The van der Waals surface area contributed by atoms with Gasteiger partial charge in [-0.3, -0.25) is 14.4 Å². The quantitative estimate of drug-likeness (QED) is 0.257.